The van der Waals surface area contributed by atoms with Gasteiger partial charge >= 0.3 is 0 Å². The first-order valence-electron chi connectivity index (χ1n) is 13.5. The largest absolute Gasteiger partial charge is 0.395 e. The molecule has 1 N–H and O–H groups in total. The highest BCUT2D eigenvalue weighted by Crippen LogP contribution is 2.64. The minimum atomic E-state index is -1.09. The summed E-state index contributed by atoms with van der Waals surface area (Å²) in [5, 5.41) is 9.84. The summed E-state index contributed by atoms with van der Waals surface area (Å²) in [5.41, 5.74) is -1.87. The Balaban J connectivity index is 1.67. The number of morpholine rings is 1. The van der Waals surface area contributed by atoms with Crippen molar-refractivity contribution in [1.29, 1.82) is 0 Å². The quantitative estimate of drug-likeness (QED) is 0.366. The second kappa shape index (κ2) is 11.2. The molecule has 37 heavy (non-hydrogen) atoms. The van der Waals surface area contributed by atoms with Crippen LogP contribution in [0, 0.1) is 11.8 Å². The van der Waals surface area contributed by atoms with Crippen LogP contribution in [0.5, 0.6) is 0 Å². The molecule has 4 aliphatic rings. The van der Waals surface area contributed by atoms with Gasteiger partial charge in [-0.15, -0.1) is 13.2 Å². The fraction of sp³-hybridized carbons (Fsp3) is 0.741. The predicted octanol–water partition coefficient (Wildman–Crippen LogP) is 0.125. The average molecular weight is 519 g/mol. The monoisotopic (exact) mass is 518 g/mol. The number of likely N-dealkylation sites (tertiary alicyclic amines) is 1. The van der Waals surface area contributed by atoms with Crippen LogP contribution in [-0.4, -0.2) is 132 Å². The van der Waals surface area contributed by atoms with Crippen LogP contribution in [0.15, 0.2) is 25.3 Å². The fourth-order valence-electron chi connectivity index (χ4n) is 6.95. The van der Waals surface area contributed by atoms with Crippen molar-refractivity contribution in [3.63, 3.8) is 0 Å². The number of aliphatic hydroxyl groups is 1. The molecule has 0 saturated carbocycles. The second-order valence-corrected chi connectivity index (χ2v) is 10.6. The van der Waals surface area contributed by atoms with E-state index in [-0.39, 0.29) is 30.9 Å². The van der Waals surface area contributed by atoms with Gasteiger partial charge in [-0.25, -0.2) is 0 Å². The van der Waals surface area contributed by atoms with Crippen LogP contribution in [0.4, 0.5) is 0 Å². The molecular formula is C27H42N4O6. The molecule has 4 heterocycles. The third kappa shape index (κ3) is 4.62. The number of nitrogens with zero attached hydrogens (tertiary/aromatic N) is 4. The summed E-state index contributed by atoms with van der Waals surface area (Å²) in [6.45, 7) is 14.1. The molecule has 206 valence electrons. The number of carbonyl (C=O) groups excluding carboxylic acids is 3. The van der Waals surface area contributed by atoms with Gasteiger partial charge in [0.2, 0.25) is 17.7 Å². The summed E-state index contributed by atoms with van der Waals surface area (Å²) >= 11 is 0. The average Bonchev–Trinajstić information content (AvgIpc) is 3.50. The van der Waals surface area contributed by atoms with E-state index in [4.69, 9.17) is 9.47 Å². The van der Waals surface area contributed by atoms with Crippen LogP contribution >= 0.6 is 0 Å². The maximum Gasteiger partial charge on any atom is 0.248 e. The normalized spacial score (nSPS) is 32.9. The molecule has 0 aliphatic carbocycles. The standard InChI is InChI=1S/C27H42N4O6/c1-5-10-28(4)23(33)20-21-24(34)31(14-17-32)22(27(21)9-8-26(20,7-3)37-27)25(35)30(11-6-2)13-12-29-15-18-36-19-16-29/h5-6,20-22,32H,1-2,7-19H2,3-4H3/t20-,21+,22?,26+,27?/m1/s1. The van der Waals surface area contributed by atoms with Crippen molar-refractivity contribution in [1.82, 2.24) is 19.6 Å². The maximum atomic E-state index is 14.2. The van der Waals surface area contributed by atoms with Gasteiger partial charge in [0, 0.05) is 52.9 Å². The van der Waals surface area contributed by atoms with Crippen molar-refractivity contribution in [2.24, 2.45) is 11.8 Å². The van der Waals surface area contributed by atoms with Crippen molar-refractivity contribution in [3.8, 4) is 0 Å². The number of hydrogen-bond acceptors (Lipinski definition) is 7. The van der Waals surface area contributed by atoms with Gasteiger partial charge in [0.05, 0.1) is 37.3 Å². The first-order chi connectivity index (χ1) is 17.8. The van der Waals surface area contributed by atoms with Gasteiger partial charge in [0.1, 0.15) is 11.6 Å². The number of β-amino-alcohol motifs (C(OH)–C–C–N with tert-alkyl or cyclic N) is 1. The van der Waals surface area contributed by atoms with Gasteiger partial charge in [0.15, 0.2) is 0 Å². The van der Waals surface area contributed by atoms with Crippen molar-refractivity contribution >= 4 is 17.7 Å². The molecule has 5 atom stereocenters. The topological polar surface area (TPSA) is 103 Å². The van der Waals surface area contributed by atoms with Gasteiger partial charge < -0.3 is 29.3 Å². The molecule has 3 amide bonds. The van der Waals surface area contributed by atoms with E-state index >= 15 is 0 Å². The van der Waals surface area contributed by atoms with Crippen LogP contribution in [0.1, 0.15) is 26.2 Å². The number of carbonyl (C=O) groups is 3. The van der Waals surface area contributed by atoms with Crippen molar-refractivity contribution in [2.45, 2.75) is 43.4 Å². The predicted molar refractivity (Wildman–Crippen MR) is 138 cm³/mol. The highest BCUT2D eigenvalue weighted by Gasteiger charge is 2.78. The molecule has 4 rings (SSSR count). The van der Waals surface area contributed by atoms with Crippen LogP contribution in [0.2, 0.25) is 0 Å². The number of likely N-dealkylation sites (N-methyl/N-ethyl adjacent to an activating group) is 1. The minimum absolute atomic E-state index is 0.0186. The Morgan fingerprint density at radius 1 is 1.14 bits per heavy atom. The molecule has 1 spiro atoms. The molecule has 0 aromatic heterocycles. The molecule has 0 aromatic carbocycles. The molecule has 4 fully saturated rings. The summed E-state index contributed by atoms with van der Waals surface area (Å²) in [6, 6.07) is -0.891. The molecule has 0 radical (unpaired) electrons. The van der Waals surface area contributed by atoms with Gasteiger partial charge in [-0.3, -0.25) is 19.3 Å². The maximum absolute atomic E-state index is 14.2. The van der Waals surface area contributed by atoms with E-state index in [0.717, 1.165) is 13.1 Å². The lowest BCUT2D eigenvalue weighted by molar-refractivity contribution is -0.155. The van der Waals surface area contributed by atoms with Gasteiger partial charge in [-0.1, -0.05) is 19.1 Å². The van der Waals surface area contributed by atoms with Crippen LogP contribution in [0.3, 0.4) is 0 Å². The van der Waals surface area contributed by atoms with E-state index in [9.17, 15) is 19.5 Å². The van der Waals surface area contributed by atoms with Crippen LogP contribution < -0.4 is 0 Å². The summed E-state index contributed by atoms with van der Waals surface area (Å²) < 4.78 is 12.2. The molecule has 10 nitrogen and oxygen atoms in total. The Labute approximate surface area is 219 Å². The van der Waals surface area contributed by atoms with Crippen LogP contribution in [0.25, 0.3) is 0 Å². The lowest BCUT2D eigenvalue weighted by Gasteiger charge is -2.37. The zero-order chi connectivity index (χ0) is 26.8. The smallest absolute Gasteiger partial charge is 0.248 e. The lowest BCUT2D eigenvalue weighted by Crippen LogP contribution is -2.57. The van der Waals surface area contributed by atoms with E-state index in [0.29, 0.717) is 58.7 Å². The first kappa shape index (κ1) is 27.8. The number of hydrogen-bond donors (Lipinski definition) is 1. The van der Waals surface area contributed by atoms with E-state index in [1.807, 2.05) is 6.92 Å². The highest BCUT2D eigenvalue weighted by atomic mass is 16.5. The lowest BCUT2D eigenvalue weighted by atomic mass is 9.64. The van der Waals surface area contributed by atoms with Crippen molar-refractivity contribution in [3.05, 3.63) is 25.3 Å². The number of aliphatic hydroxyl groups excluding tert-OH is 1. The third-order valence-corrected chi connectivity index (χ3v) is 8.75. The summed E-state index contributed by atoms with van der Waals surface area (Å²) in [5.74, 6) is -2.08. The van der Waals surface area contributed by atoms with E-state index in [1.54, 1.807) is 29.0 Å². The van der Waals surface area contributed by atoms with Gasteiger partial charge in [0.25, 0.3) is 0 Å². The number of fused-ring (bicyclic) bond motifs is 1. The highest BCUT2D eigenvalue weighted by molar-refractivity contribution is 5.99. The second-order valence-electron chi connectivity index (χ2n) is 10.6. The Morgan fingerprint density at radius 3 is 2.46 bits per heavy atom. The molecule has 4 aliphatic heterocycles. The van der Waals surface area contributed by atoms with E-state index in [1.165, 1.54) is 4.90 Å². The Kier molecular flexibility index (Phi) is 8.42. The summed E-state index contributed by atoms with van der Waals surface area (Å²) in [4.78, 5) is 48.9. The Bertz CT molecular complexity index is 907. The third-order valence-electron chi connectivity index (χ3n) is 8.75. The van der Waals surface area contributed by atoms with Gasteiger partial charge in [-0.2, -0.15) is 0 Å². The van der Waals surface area contributed by atoms with Crippen molar-refractivity contribution < 1.29 is 29.0 Å². The van der Waals surface area contributed by atoms with Crippen molar-refractivity contribution in [2.75, 3.05) is 72.7 Å². The fourth-order valence-corrected chi connectivity index (χ4v) is 6.95. The van der Waals surface area contributed by atoms with E-state index in [2.05, 4.69) is 18.1 Å². The molecule has 2 unspecified atom stereocenters. The SMILES string of the molecule is C=CCN(C)C(=O)[C@H]1[C@H]2C(=O)N(CCO)C(C(=O)N(CC=C)CCN3CCOCC3)C23CC[C@]1(CC)O3. The zero-order valence-electron chi connectivity index (χ0n) is 22.3. The summed E-state index contributed by atoms with van der Waals surface area (Å²) in [6.07, 6.45) is 5.05. The number of rotatable bonds is 12. The molecule has 10 heteroatoms. The number of ether oxygens (including phenoxy) is 2. The Hall–Kier alpha value is -2.27. The van der Waals surface area contributed by atoms with Gasteiger partial charge in [-0.05, 0) is 19.3 Å². The molecule has 4 saturated heterocycles. The summed E-state index contributed by atoms with van der Waals surface area (Å²) in [7, 11) is 1.71. The number of amides is 3. The molecular weight excluding hydrogens is 476 g/mol. The minimum Gasteiger partial charge on any atom is -0.395 e. The van der Waals surface area contributed by atoms with E-state index < -0.39 is 29.1 Å². The first-order valence-corrected chi connectivity index (χ1v) is 13.5. The Morgan fingerprint density at radius 2 is 1.84 bits per heavy atom. The van der Waals surface area contributed by atoms with Crippen LogP contribution in [-0.2, 0) is 23.9 Å². The zero-order valence-corrected chi connectivity index (χ0v) is 22.3. The molecule has 2 bridgehead atoms. The molecule has 0 aromatic rings.